The lowest BCUT2D eigenvalue weighted by atomic mass is 9.91. The van der Waals surface area contributed by atoms with E-state index in [4.69, 9.17) is 62.8 Å². The van der Waals surface area contributed by atoms with Crippen molar-refractivity contribution in [2.45, 2.75) is 33.5 Å². The molecule has 0 saturated heterocycles. The maximum atomic E-state index is 15.4. The number of nitrogens with one attached hydrogen (secondary N) is 3. The van der Waals surface area contributed by atoms with Gasteiger partial charge in [-0.1, -0.05) is 54.6 Å². The van der Waals surface area contributed by atoms with Crippen LogP contribution in [0, 0.1) is 31.3 Å². The van der Waals surface area contributed by atoms with E-state index < -0.39 is 35.4 Å². The van der Waals surface area contributed by atoms with E-state index in [1.54, 1.807) is 109 Å². The molecule has 0 unspecified atom stereocenters. The summed E-state index contributed by atoms with van der Waals surface area (Å²) in [4.78, 5) is 77.1. The summed E-state index contributed by atoms with van der Waals surface area (Å²) in [5.41, 5.74) is 19.4. The van der Waals surface area contributed by atoms with Crippen molar-refractivity contribution in [1.29, 1.82) is 0 Å². The second kappa shape index (κ2) is 35.9. The lowest BCUT2D eigenvalue weighted by molar-refractivity contribution is 0.0682. The largest absolute Gasteiger partial charge is 0.496 e. The van der Waals surface area contributed by atoms with Crippen LogP contribution >= 0.6 is 11.3 Å². The van der Waals surface area contributed by atoms with E-state index in [9.17, 15) is 29.7 Å². The van der Waals surface area contributed by atoms with Crippen molar-refractivity contribution >= 4 is 81.3 Å². The maximum Gasteiger partial charge on any atom is 0.339 e. The Morgan fingerprint density at radius 1 is 0.405 bits per heavy atom. The van der Waals surface area contributed by atoms with Crippen LogP contribution in [0.1, 0.15) is 92.3 Å². The van der Waals surface area contributed by atoms with Gasteiger partial charge in [0.1, 0.15) is 74.4 Å². The number of hydrogen-bond donors (Lipinski definition) is 6. The summed E-state index contributed by atoms with van der Waals surface area (Å²) in [6, 6.07) is 51.7. The van der Waals surface area contributed by atoms with Crippen LogP contribution in [-0.2, 0) is 26.7 Å². The average molecular weight is 1710 g/mol. The number of ether oxygens (including phenoxy) is 6. The fourth-order valence-corrected chi connectivity index (χ4v) is 16.0. The molecule has 0 bridgehead atoms. The van der Waals surface area contributed by atoms with E-state index in [0.29, 0.717) is 97.3 Å². The first-order valence-corrected chi connectivity index (χ1v) is 40.0. The van der Waals surface area contributed by atoms with Crippen LogP contribution in [0.2, 0.25) is 0 Å². The fraction of sp³-hybridized carbons (Fsp3) is 0.125. The number of aromatic nitrogens is 7. The summed E-state index contributed by atoms with van der Waals surface area (Å²) >= 11 is 1.62. The van der Waals surface area contributed by atoms with Gasteiger partial charge in [-0.05, 0) is 162 Å². The van der Waals surface area contributed by atoms with Crippen molar-refractivity contribution in [3.05, 3.63) is 319 Å². The Balaban J connectivity index is 0.000000139. The molecule has 26 nitrogen and oxygen atoms in total. The number of methoxy groups -OCH3 is 6. The summed E-state index contributed by atoms with van der Waals surface area (Å²) < 4.78 is 86.4. The smallest absolute Gasteiger partial charge is 0.339 e. The molecule has 15 aromatic rings. The minimum Gasteiger partial charge on any atom is -0.496 e. The Morgan fingerprint density at radius 2 is 0.778 bits per heavy atom. The molecule has 3 aliphatic rings. The summed E-state index contributed by atoms with van der Waals surface area (Å²) in [5, 5.41) is 41.8. The summed E-state index contributed by atoms with van der Waals surface area (Å²) in [7, 11) is 10.7. The number of rotatable bonds is 21. The molecule has 0 radical (unpaired) electrons. The number of hydrogen-bond acceptors (Lipinski definition) is 23. The molecule has 3 aliphatic heterocycles. The van der Waals surface area contributed by atoms with Gasteiger partial charge < -0.3 is 68.7 Å². The number of carboxylic acids is 3. The molecular formula is C96H76F3N13O13S. The number of aromatic carboxylic acids is 3. The van der Waals surface area contributed by atoms with Crippen molar-refractivity contribution in [2.75, 3.05) is 58.6 Å². The lowest BCUT2D eigenvalue weighted by Gasteiger charge is -2.16. The SMILES string of the molecule is COc1cc(Nc2ncc3c(n2)-c2ccc(-c4cccn4C)cc2C(c2c(F)cccc2OC)=NC3)ccc1C(=O)O.COc1cc(Nc2ncc3c(n2)-c2ccc(-c4cscc4C)cc2C(c2c(F)cccc2OC)=NC3)ccc1C(=O)O.COc1cc(Nc2ncc3c(n2)-c2ccc(-c4occc4C)cc2C(c2c(F)cccc2OC)=NC3)ccc1C(=O)O. The van der Waals surface area contributed by atoms with E-state index in [-0.39, 0.29) is 76.2 Å². The van der Waals surface area contributed by atoms with E-state index in [2.05, 4.69) is 48.6 Å². The fourth-order valence-electron chi connectivity index (χ4n) is 15.2. The zero-order valence-corrected chi connectivity index (χ0v) is 69.7. The van der Waals surface area contributed by atoms with E-state index in [1.807, 2.05) is 97.5 Å². The Bertz CT molecular complexity index is 6300. The van der Waals surface area contributed by atoms with Crippen LogP contribution in [0.25, 0.3) is 67.5 Å². The lowest BCUT2D eigenvalue weighted by Crippen LogP contribution is -2.10. The first-order valence-electron chi connectivity index (χ1n) is 39.0. The first-order chi connectivity index (χ1) is 61.1. The van der Waals surface area contributed by atoms with Crippen molar-refractivity contribution in [2.24, 2.45) is 22.0 Å². The van der Waals surface area contributed by atoms with Crippen LogP contribution in [0.15, 0.2) is 243 Å². The highest BCUT2D eigenvalue weighted by molar-refractivity contribution is 7.08. The van der Waals surface area contributed by atoms with Gasteiger partial charge >= 0.3 is 17.9 Å². The van der Waals surface area contributed by atoms with Crippen molar-refractivity contribution < 1.29 is 75.7 Å². The Morgan fingerprint density at radius 3 is 1.12 bits per heavy atom. The van der Waals surface area contributed by atoms with Crippen molar-refractivity contribution in [3.8, 4) is 102 Å². The number of benzene rings is 9. The van der Waals surface area contributed by atoms with Crippen LogP contribution in [0.3, 0.4) is 0 Å². The van der Waals surface area contributed by atoms with Crippen LogP contribution < -0.4 is 44.4 Å². The molecule has 0 fully saturated rings. The molecule has 6 N–H and O–H groups in total. The van der Waals surface area contributed by atoms with Gasteiger partial charge in [0.15, 0.2) is 0 Å². The molecule has 630 valence electrons. The molecule has 0 saturated carbocycles. The predicted octanol–water partition coefficient (Wildman–Crippen LogP) is 19.9. The van der Waals surface area contributed by atoms with E-state index >= 15 is 13.2 Å². The minimum atomic E-state index is -1.09. The normalized spacial score (nSPS) is 12.0. The number of aryl methyl sites for hydroxylation is 3. The van der Waals surface area contributed by atoms with Gasteiger partial charge in [0.05, 0.1) is 119 Å². The number of furan rings is 1. The highest BCUT2D eigenvalue weighted by Gasteiger charge is 2.32. The third-order valence-corrected chi connectivity index (χ3v) is 22.2. The standard InChI is InChI=1S/C32H26FN5O4.C32H25FN4O5.C32H25FN4O4S/c1-38-13-5-7-25(38)18-9-11-21-23(14-18)30(28-24(33)6-4-8-26(28)41-2)34-16-19-17-35-32(37-29(19)21)36-20-10-12-22(31(39)40)27(15-20)42-3;1-17-11-12-42-30(17)18-7-9-21-23(13-18)29(27-24(33)5-4-6-25(27)40-2)34-15-19-16-35-32(37-28(19)21)36-20-8-10-22(31(38)39)26(14-20)41-3;1-17-15-42-16-24(17)18-7-9-21-23(11-18)30(28-25(33)5-4-6-26(28)40-2)34-13-19-14-35-32(37-29(19)21)36-20-8-10-22(31(38)39)27(12-20)41-3/h4-15,17H,16H2,1-3H3,(H,39,40)(H,35,36,37);4-14,16H,15H2,1-3H3,(H,38,39)(H,35,36,37);4-12,14-16H,13H2,1-3H3,(H,38,39)(H,35,36,37). The number of thiophene rings is 1. The van der Waals surface area contributed by atoms with Gasteiger partial charge in [-0.15, -0.1) is 0 Å². The molecule has 0 atom stereocenters. The number of anilines is 6. The third kappa shape index (κ3) is 16.7. The number of carboxylic acid groups (broad SMARTS) is 3. The van der Waals surface area contributed by atoms with Crippen LogP contribution in [0.4, 0.5) is 48.1 Å². The zero-order valence-electron chi connectivity index (χ0n) is 68.9. The number of halogens is 3. The molecule has 0 spiro atoms. The zero-order chi connectivity index (χ0) is 88.1. The van der Waals surface area contributed by atoms with Gasteiger partial charge in [0.25, 0.3) is 0 Å². The highest BCUT2D eigenvalue weighted by atomic mass is 32.1. The van der Waals surface area contributed by atoms with E-state index in [1.165, 1.54) is 79.1 Å². The van der Waals surface area contributed by atoms with Gasteiger partial charge in [-0.3, -0.25) is 15.0 Å². The monoisotopic (exact) mass is 1710 g/mol. The second-order valence-electron chi connectivity index (χ2n) is 28.9. The van der Waals surface area contributed by atoms with E-state index in [0.717, 1.165) is 78.0 Å². The highest BCUT2D eigenvalue weighted by Crippen LogP contribution is 2.44. The van der Waals surface area contributed by atoms with Gasteiger partial charge in [-0.25, -0.2) is 57.5 Å². The molecule has 126 heavy (non-hydrogen) atoms. The molecule has 0 amide bonds. The summed E-state index contributed by atoms with van der Waals surface area (Å²) in [5.74, 6) is -1.30. The Kier molecular flexibility index (Phi) is 23.8. The molecule has 9 aromatic carbocycles. The van der Waals surface area contributed by atoms with Crippen LogP contribution in [0.5, 0.6) is 34.5 Å². The van der Waals surface area contributed by atoms with Crippen molar-refractivity contribution in [1.82, 2.24) is 34.5 Å². The quantitative estimate of drug-likeness (QED) is 0.0389. The summed E-state index contributed by atoms with van der Waals surface area (Å²) in [6.07, 6.45) is 8.65. The van der Waals surface area contributed by atoms with Gasteiger partial charge in [-0.2, -0.15) is 11.3 Å². The Labute approximate surface area is 722 Å². The number of aliphatic imine (C=N–C) groups is 3. The predicted molar refractivity (Wildman–Crippen MR) is 474 cm³/mol. The number of nitrogens with zero attached hydrogens (tertiary/aromatic N) is 10. The Hall–Kier alpha value is -16.1. The van der Waals surface area contributed by atoms with Gasteiger partial charge in [0, 0.05) is 128 Å². The third-order valence-electron chi connectivity index (χ3n) is 21.3. The van der Waals surface area contributed by atoms with Crippen molar-refractivity contribution in [3.63, 3.8) is 0 Å². The molecule has 0 aliphatic carbocycles. The maximum absolute atomic E-state index is 15.4. The molecular weight excluding hydrogens is 1630 g/mol. The molecule has 9 heterocycles. The second-order valence-corrected chi connectivity index (χ2v) is 29.6. The number of carbonyl (C=O) groups is 3. The molecule has 30 heteroatoms. The summed E-state index contributed by atoms with van der Waals surface area (Å²) in [6.45, 7) is 4.67. The van der Waals surface area contributed by atoms with Gasteiger partial charge in [0.2, 0.25) is 17.8 Å². The van der Waals surface area contributed by atoms with Crippen LogP contribution in [-0.4, -0.2) is 127 Å². The first kappa shape index (κ1) is 83.5. The average Bonchev–Trinajstić information content (AvgIpc) is 1.60. The minimum absolute atomic E-state index is 0.0377. The molecule has 18 rings (SSSR count). The number of fused-ring (bicyclic) bond motifs is 9. The molecule has 6 aromatic heterocycles. The topological polar surface area (TPSA) is 336 Å².